The van der Waals surface area contributed by atoms with Crippen molar-refractivity contribution >= 4 is 33.3 Å². The summed E-state index contributed by atoms with van der Waals surface area (Å²) < 4.78 is 31.4. The molecule has 3 heterocycles. The van der Waals surface area contributed by atoms with Crippen LogP contribution in [0.5, 0.6) is 11.5 Å². The van der Waals surface area contributed by atoms with Gasteiger partial charge >= 0.3 is 0 Å². The highest BCUT2D eigenvalue weighted by Crippen LogP contribution is 2.43. The van der Waals surface area contributed by atoms with Gasteiger partial charge in [0.25, 0.3) is 5.91 Å². The molecule has 0 aliphatic carbocycles. The molecule has 4 aromatic rings. The van der Waals surface area contributed by atoms with Crippen molar-refractivity contribution in [2.24, 2.45) is 0 Å². The number of nitrogens with zero attached hydrogens (tertiary/aromatic N) is 3. The highest BCUT2D eigenvalue weighted by Gasteiger charge is 2.45. The summed E-state index contributed by atoms with van der Waals surface area (Å²) in [6, 6.07) is 8.03. The zero-order valence-electron chi connectivity index (χ0n) is 18.4. The molecule has 0 bridgehead atoms. The lowest BCUT2D eigenvalue weighted by atomic mass is 9.98. The first-order valence-corrected chi connectivity index (χ1v) is 11.7. The molecular formula is C24H20FN3O5S. The van der Waals surface area contributed by atoms with Crippen LogP contribution < -0.4 is 19.8 Å². The minimum atomic E-state index is -0.862. The smallest absolute Gasteiger partial charge is 0.297 e. The van der Waals surface area contributed by atoms with Gasteiger partial charge in [-0.3, -0.25) is 14.5 Å². The van der Waals surface area contributed by atoms with Crippen LogP contribution in [0.4, 0.5) is 9.52 Å². The maximum absolute atomic E-state index is 13.9. The van der Waals surface area contributed by atoms with Crippen LogP contribution in [0, 0.1) is 5.82 Å². The molecule has 34 heavy (non-hydrogen) atoms. The topological polar surface area (TPSA) is 94.8 Å². The van der Waals surface area contributed by atoms with Gasteiger partial charge in [0.15, 0.2) is 16.9 Å². The first-order chi connectivity index (χ1) is 16.5. The first kappa shape index (κ1) is 22.0. The first-order valence-electron chi connectivity index (χ1n) is 10.8. The summed E-state index contributed by atoms with van der Waals surface area (Å²) in [7, 11) is 0. The van der Waals surface area contributed by atoms with E-state index in [9.17, 15) is 14.0 Å². The van der Waals surface area contributed by atoms with E-state index in [1.807, 2.05) is 13.8 Å². The number of hydrogen-bond acceptors (Lipinski definition) is 8. The second-order valence-electron chi connectivity index (χ2n) is 7.60. The number of ether oxygens (including phenoxy) is 2. The summed E-state index contributed by atoms with van der Waals surface area (Å²) in [4.78, 5) is 28.4. The van der Waals surface area contributed by atoms with Crippen LogP contribution in [-0.2, 0) is 0 Å². The number of fused-ring (bicyclic) bond motifs is 2. The van der Waals surface area contributed by atoms with E-state index in [-0.39, 0.29) is 22.3 Å². The number of rotatable bonds is 7. The summed E-state index contributed by atoms with van der Waals surface area (Å²) in [6.45, 7) is 4.77. The molecule has 0 radical (unpaired) electrons. The van der Waals surface area contributed by atoms with Crippen LogP contribution in [0.15, 0.2) is 51.1 Å². The van der Waals surface area contributed by atoms with E-state index in [0.29, 0.717) is 35.4 Å². The average molecular weight is 482 g/mol. The van der Waals surface area contributed by atoms with Crippen LogP contribution in [0.1, 0.15) is 48.0 Å². The molecular weight excluding hydrogens is 461 g/mol. The number of halogens is 1. The Morgan fingerprint density at radius 1 is 1.12 bits per heavy atom. The molecule has 1 amide bonds. The lowest BCUT2D eigenvalue weighted by Crippen LogP contribution is -2.29. The van der Waals surface area contributed by atoms with Crippen LogP contribution in [0.3, 0.4) is 0 Å². The SMILES string of the molecule is CCCOc1ccc(C2c3c(oc4ccc(F)cc4c3=O)C(=O)N2c2nncs2)cc1OCC. The van der Waals surface area contributed by atoms with Crippen molar-refractivity contribution < 1.29 is 23.1 Å². The van der Waals surface area contributed by atoms with E-state index in [1.165, 1.54) is 22.5 Å². The van der Waals surface area contributed by atoms with E-state index in [1.54, 1.807) is 18.2 Å². The van der Waals surface area contributed by atoms with E-state index < -0.39 is 23.2 Å². The fourth-order valence-electron chi connectivity index (χ4n) is 4.02. The molecule has 8 nitrogen and oxygen atoms in total. The standard InChI is InChI=1S/C24H20FN3O5S/c1-3-9-32-17-7-5-13(10-18(17)31-4-2)20-19-21(29)15-11-14(25)6-8-16(15)33-22(19)23(30)28(20)24-27-26-12-34-24/h5-8,10-12,20H,3-4,9H2,1-2H3. The normalized spacial score (nSPS) is 15.1. The third-order valence-electron chi connectivity index (χ3n) is 5.43. The fourth-order valence-corrected chi connectivity index (χ4v) is 4.61. The van der Waals surface area contributed by atoms with Gasteiger partial charge in [-0.05, 0) is 49.2 Å². The number of carbonyl (C=O) groups is 1. The minimum Gasteiger partial charge on any atom is -0.490 e. The Morgan fingerprint density at radius 2 is 1.97 bits per heavy atom. The summed E-state index contributed by atoms with van der Waals surface area (Å²) in [5, 5.41) is 8.26. The number of anilines is 1. The Balaban J connectivity index is 1.74. The second-order valence-corrected chi connectivity index (χ2v) is 8.41. The van der Waals surface area contributed by atoms with Crippen molar-refractivity contribution in [2.75, 3.05) is 18.1 Å². The van der Waals surface area contributed by atoms with Gasteiger partial charge in [-0.15, -0.1) is 10.2 Å². The Bertz CT molecular complexity index is 1440. The highest BCUT2D eigenvalue weighted by atomic mass is 32.1. The van der Waals surface area contributed by atoms with Crippen molar-refractivity contribution in [1.82, 2.24) is 10.2 Å². The number of benzene rings is 2. The van der Waals surface area contributed by atoms with E-state index in [0.717, 1.165) is 23.8 Å². The van der Waals surface area contributed by atoms with Gasteiger partial charge < -0.3 is 13.9 Å². The molecule has 2 aromatic carbocycles. The Hall–Kier alpha value is -3.79. The monoisotopic (exact) mass is 481 g/mol. The summed E-state index contributed by atoms with van der Waals surface area (Å²) in [6.07, 6.45) is 0.827. The summed E-state index contributed by atoms with van der Waals surface area (Å²) in [5.41, 5.74) is 1.86. The number of amides is 1. The largest absolute Gasteiger partial charge is 0.490 e. The minimum absolute atomic E-state index is 0.0589. The average Bonchev–Trinajstić information content (AvgIpc) is 3.46. The number of hydrogen-bond donors (Lipinski definition) is 0. The van der Waals surface area contributed by atoms with Gasteiger partial charge in [-0.25, -0.2) is 4.39 Å². The molecule has 1 aliphatic rings. The van der Waals surface area contributed by atoms with E-state index in [2.05, 4.69) is 10.2 Å². The van der Waals surface area contributed by atoms with Gasteiger partial charge in [-0.1, -0.05) is 24.3 Å². The molecule has 1 unspecified atom stereocenters. The van der Waals surface area contributed by atoms with Crippen molar-refractivity contribution in [3.8, 4) is 11.5 Å². The Kier molecular flexibility index (Phi) is 5.74. The molecule has 1 atom stereocenters. The molecule has 10 heteroatoms. The number of carbonyl (C=O) groups excluding carboxylic acids is 1. The van der Waals surface area contributed by atoms with Crippen LogP contribution in [0.2, 0.25) is 0 Å². The summed E-state index contributed by atoms with van der Waals surface area (Å²) in [5.74, 6) is -0.148. The highest BCUT2D eigenvalue weighted by molar-refractivity contribution is 7.13. The van der Waals surface area contributed by atoms with Gasteiger partial charge in [-0.2, -0.15) is 0 Å². The molecule has 0 fully saturated rings. The van der Waals surface area contributed by atoms with Gasteiger partial charge in [0.05, 0.1) is 30.2 Å². The van der Waals surface area contributed by atoms with Crippen molar-refractivity contribution in [3.63, 3.8) is 0 Å². The van der Waals surface area contributed by atoms with E-state index in [4.69, 9.17) is 13.9 Å². The maximum Gasteiger partial charge on any atom is 0.297 e. The van der Waals surface area contributed by atoms with Crippen LogP contribution >= 0.6 is 11.3 Å². The van der Waals surface area contributed by atoms with Gasteiger partial charge in [0, 0.05) is 0 Å². The number of aromatic nitrogens is 2. The third kappa shape index (κ3) is 3.60. The molecule has 0 saturated heterocycles. The molecule has 1 aliphatic heterocycles. The quantitative estimate of drug-likeness (QED) is 0.377. The van der Waals surface area contributed by atoms with E-state index >= 15 is 0 Å². The van der Waals surface area contributed by atoms with Gasteiger partial charge in [0.2, 0.25) is 10.9 Å². The van der Waals surface area contributed by atoms with Crippen molar-refractivity contribution in [2.45, 2.75) is 26.3 Å². The van der Waals surface area contributed by atoms with Crippen molar-refractivity contribution in [3.05, 3.63) is 74.8 Å². The maximum atomic E-state index is 13.9. The predicted molar refractivity (Wildman–Crippen MR) is 124 cm³/mol. The Labute approximate surface area is 197 Å². The predicted octanol–water partition coefficient (Wildman–Crippen LogP) is 4.72. The lowest BCUT2D eigenvalue weighted by molar-refractivity contribution is 0.0970. The molecule has 0 N–H and O–H groups in total. The molecule has 2 aromatic heterocycles. The molecule has 0 saturated carbocycles. The van der Waals surface area contributed by atoms with Crippen LogP contribution in [0.25, 0.3) is 11.0 Å². The molecule has 174 valence electrons. The van der Waals surface area contributed by atoms with Crippen molar-refractivity contribution in [1.29, 1.82) is 0 Å². The molecule has 5 rings (SSSR count). The zero-order chi connectivity index (χ0) is 23.8. The molecule has 0 spiro atoms. The third-order valence-corrected chi connectivity index (χ3v) is 6.12. The van der Waals surface area contributed by atoms with Crippen LogP contribution in [-0.4, -0.2) is 29.3 Å². The zero-order valence-corrected chi connectivity index (χ0v) is 19.2. The Morgan fingerprint density at radius 3 is 2.71 bits per heavy atom. The van der Waals surface area contributed by atoms with Gasteiger partial charge in [0.1, 0.15) is 16.9 Å². The fraction of sp³-hybridized carbons (Fsp3) is 0.250. The summed E-state index contributed by atoms with van der Waals surface area (Å²) >= 11 is 1.16. The lowest BCUT2D eigenvalue weighted by Gasteiger charge is -2.23. The second kappa shape index (κ2) is 8.86.